The van der Waals surface area contributed by atoms with E-state index in [2.05, 4.69) is 12.7 Å². The van der Waals surface area contributed by atoms with Crippen molar-refractivity contribution in [2.24, 2.45) is 0 Å². The predicted octanol–water partition coefficient (Wildman–Crippen LogP) is 1.79. The number of hydrogen-bond donors (Lipinski definition) is 0. The number of rotatable bonds is 1. The average molecular weight is 164 g/mol. The van der Waals surface area contributed by atoms with Gasteiger partial charge in [0.05, 0.1) is 12.7 Å². The molecule has 1 aliphatic heterocycles. The average Bonchev–Trinajstić information content (AvgIpc) is 2.56. The third-order valence-electron chi connectivity index (χ3n) is 2.03. The van der Waals surface area contributed by atoms with E-state index in [1.807, 2.05) is 18.2 Å². The van der Waals surface area contributed by atoms with Gasteiger partial charge in [-0.05, 0) is 25.5 Å². The third kappa shape index (κ3) is 1.51. The summed E-state index contributed by atoms with van der Waals surface area (Å²) in [6.07, 6.45) is 6.89. The van der Waals surface area contributed by atoms with Gasteiger partial charge in [0.15, 0.2) is 6.29 Å². The maximum atomic E-state index is 5.58. The van der Waals surface area contributed by atoms with Crippen LogP contribution in [-0.2, 0) is 9.47 Å². The van der Waals surface area contributed by atoms with Crippen LogP contribution < -0.4 is 0 Å². The van der Waals surface area contributed by atoms with Crippen molar-refractivity contribution in [3.8, 4) is 0 Å². The summed E-state index contributed by atoms with van der Waals surface area (Å²) in [5, 5.41) is 0. The van der Waals surface area contributed by atoms with E-state index >= 15 is 0 Å². The van der Waals surface area contributed by atoms with Crippen molar-refractivity contribution in [1.29, 1.82) is 0 Å². The molecule has 0 aromatic heterocycles. The molecule has 2 heteroatoms. The molecule has 2 atom stereocenters. The molecule has 0 aromatic rings. The van der Waals surface area contributed by atoms with Crippen LogP contribution in [0.3, 0.4) is 0 Å². The first kappa shape index (κ1) is 7.81. The highest BCUT2D eigenvalue weighted by molar-refractivity contribution is 5.30. The Morgan fingerprint density at radius 2 is 2.50 bits per heavy atom. The van der Waals surface area contributed by atoms with E-state index in [4.69, 9.17) is 9.47 Å². The van der Waals surface area contributed by atoms with E-state index in [0.717, 1.165) is 18.6 Å². The highest BCUT2D eigenvalue weighted by atomic mass is 16.7. The lowest BCUT2D eigenvalue weighted by molar-refractivity contribution is -0.185. The van der Waals surface area contributed by atoms with Crippen LogP contribution in [0, 0.1) is 0 Å². The quantitative estimate of drug-likeness (QED) is 0.550. The first-order chi connectivity index (χ1) is 5.86. The molecule has 2 rings (SSSR count). The van der Waals surface area contributed by atoms with Gasteiger partial charge in [-0.2, -0.15) is 0 Å². The van der Waals surface area contributed by atoms with Gasteiger partial charge in [0.25, 0.3) is 0 Å². The first-order valence-corrected chi connectivity index (χ1v) is 4.26. The molecule has 0 N–H and O–H groups in total. The third-order valence-corrected chi connectivity index (χ3v) is 2.03. The molecular formula is C10H12O2. The molecule has 0 spiro atoms. The van der Waals surface area contributed by atoms with Crippen LogP contribution in [0.1, 0.15) is 13.3 Å². The molecule has 0 bridgehead atoms. The largest absolute Gasteiger partial charge is 0.348 e. The molecule has 0 amide bonds. The van der Waals surface area contributed by atoms with E-state index in [1.165, 1.54) is 0 Å². The van der Waals surface area contributed by atoms with Crippen LogP contribution in [0.4, 0.5) is 0 Å². The van der Waals surface area contributed by atoms with Gasteiger partial charge in [-0.25, -0.2) is 0 Å². The van der Waals surface area contributed by atoms with Crippen molar-refractivity contribution in [2.75, 3.05) is 6.61 Å². The van der Waals surface area contributed by atoms with Crippen molar-refractivity contribution in [3.05, 3.63) is 29.5 Å². The molecule has 1 aliphatic carbocycles. The summed E-state index contributed by atoms with van der Waals surface area (Å²) < 4.78 is 11.0. The second kappa shape index (κ2) is 3.28. The molecule has 64 valence electrons. The molecule has 0 aromatic carbocycles. The van der Waals surface area contributed by atoms with Gasteiger partial charge < -0.3 is 9.47 Å². The van der Waals surface area contributed by atoms with E-state index < -0.39 is 0 Å². The summed E-state index contributed by atoms with van der Waals surface area (Å²) in [7, 11) is 0. The minimum Gasteiger partial charge on any atom is -0.348 e. The Morgan fingerprint density at radius 3 is 3.17 bits per heavy atom. The van der Waals surface area contributed by atoms with Crippen LogP contribution in [-0.4, -0.2) is 19.0 Å². The summed E-state index contributed by atoms with van der Waals surface area (Å²) in [4.78, 5) is 0. The zero-order valence-electron chi connectivity index (χ0n) is 7.12. The van der Waals surface area contributed by atoms with Crippen LogP contribution in [0.15, 0.2) is 29.5 Å². The summed E-state index contributed by atoms with van der Waals surface area (Å²) >= 11 is 0. The minimum atomic E-state index is -0.191. The maximum Gasteiger partial charge on any atom is 0.191 e. The van der Waals surface area contributed by atoms with E-state index in [-0.39, 0.29) is 6.29 Å². The monoisotopic (exact) mass is 164 g/mol. The Balaban J connectivity index is 2.04. The normalized spacial score (nSPS) is 33.9. The van der Waals surface area contributed by atoms with Crippen molar-refractivity contribution < 1.29 is 9.47 Å². The number of ether oxygens (including phenoxy) is 2. The van der Waals surface area contributed by atoms with Crippen LogP contribution in [0.25, 0.3) is 0 Å². The molecule has 1 saturated heterocycles. The number of hydrogen-bond acceptors (Lipinski definition) is 2. The van der Waals surface area contributed by atoms with E-state index in [9.17, 15) is 0 Å². The molecule has 2 aliphatic rings. The van der Waals surface area contributed by atoms with Gasteiger partial charge >= 0.3 is 0 Å². The Labute approximate surface area is 72.2 Å². The SMILES string of the molecule is CC1CCOC(C2=C=CC=C2)O1. The highest BCUT2D eigenvalue weighted by Crippen LogP contribution is 2.19. The molecular weight excluding hydrogens is 152 g/mol. The van der Waals surface area contributed by atoms with Crippen molar-refractivity contribution >= 4 is 0 Å². The zero-order chi connectivity index (χ0) is 8.39. The van der Waals surface area contributed by atoms with Crippen LogP contribution in [0.5, 0.6) is 0 Å². The Bertz CT molecular complexity index is 259. The Kier molecular flexibility index (Phi) is 2.13. The second-order valence-corrected chi connectivity index (χ2v) is 3.06. The molecule has 2 nitrogen and oxygen atoms in total. The second-order valence-electron chi connectivity index (χ2n) is 3.06. The molecule has 2 unspecified atom stereocenters. The van der Waals surface area contributed by atoms with Gasteiger partial charge in [-0.15, -0.1) is 5.73 Å². The fourth-order valence-electron chi connectivity index (χ4n) is 1.31. The molecule has 0 radical (unpaired) electrons. The number of allylic oxidation sites excluding steroid dienone is 1. The van der Waals surface area contributed by atoms with Gasteiger partial charge in [-0.3, -0.25) is 0 Å². The highest BCUT2D eigenvalue weighted by Gasteiger charge is 2.22. The van der Waals surface area contributed by atoms with Gasteiger partial charge in [-0.1, -0.05) is 6.08 Å². The fraction of sp³-hybridized carbons (Fsp3) is 0.500. The molecule has 12 heavy (non-hydrogen) atoms. The lowest BCUT2D eigenvalue weighted by atomic mass is 10.2. The predicted molar refractivity (Wildman–Crippen MR) is 45.6 cm³/mol. The minimum absolute atomic E-state index is 0.191. The standard InChI is InChI=1S/C10H12O2/c1-8-6-7-11-10(12-8)9-4-2-3-5-9/h2-4,8,10H,6-7H2,1H3. The molecule has 1 heterocycles. The van der Waals surface area contributed by atoms with Crippen LogP contribution in [0.2, 0.25) is 0 Å². The lowest BCUT2D eigenvalue weighted by Crippen LogP contribution is -2.31. The van der Waals surface area contributed by atoms with Crippen molar-refractivity contribution in [3.63, 3.8) is 0 Å². The van der Waals surface area contributed by atoms with Crippen LogP contribution >= 0.6 is 0 Å². The maximum absolute atomic E-state index is 5.58. The van der Waals surface area contributed by atoms with Gasteiger partial charge in [0, 0.05) is 5.57 Å². The topological polar surface area (TPSA) is 18.5 Å². The fourth-order valence-corrected chi connectivity index (χ4v) is 1.31. The van der Waals surface area contributed by atoms with Gasteiger partial charge in [0.2, 0.25) is 0 Å². The van der Waals surface area contributed by atoms with Crippen molar-refractivity contribution in [2.45, 2.75) is 25.7 Å². The Morgan fingerprint density at radius 1 is 1.58 bits per heavy atom. The van der Waals surface area contributed by atoms with E-state index in [0.29, 0.717) is 6.10 Å². The summed E-state index contributed by atoms with van der Waals surface area (Å²) in [5.41, 5.74) is 4.08. The molecule has 0 saturated carbocycles. The zero-order valence-corrected chi connectivity index (χ0v) is 7.12. The lowest BCUT2D eigenvalue weighted by Gasteiger charge is -2.27. The van der Waals surface area contributed by atoms with Crippen molar-refractivity contribution in [1.82, 2.24) is 0 Å². The molecule has 1 fully saturated rings. The van der Waals surface area contributed by atoms with Gasteiger partial charge in [0.1, 0.15) is 0 Å². The Hall–Kier alpha value is -0.820. The first-order valence-electron chi connectivity index (χ1n) is 4.26. The van der Waals surface area contributed by atoms with E-state index in [1.54, 1.807) is 0 Å². The summed E-state index contributed by atoms with van der Waals surface area (Å²) in [5.74, 6) is 0. The summed E-state index contributed by atoms with van der Waals surface area (Å²) in [6.45, 7) is 2.85. The summed E-state index contributed by atoms with van der Waals surface area (Å²) in [6, 6.07) is 0. The smallest absolute Gasteiger partial charge is 0.191 e.